The lowest BCUT2D eigenvalue weighted by atomic mass is 9.76. The maximum Gasteiger partial charge on any atom is 0.303 e. The zero-order chi connectivity index (χ0) is 14.4. The normalized spacial score (nSPS) is 24.1. The van der Waals surface area contributed by atoms with Crippen LogP contribution in [-0.4, -0.2) is 11.1 Å². The standard InChI is InChI=1S/C15H18N2O2/c1-10(8-16)12-3-5-14(11(2)9-17)13(7-12)4-6-15(18)19/h13H,3-7H2,1-2H3,(H,18,19)/b12-10-,14-11-. The van der Waals surface area contributed by atoms with Crippen molar-refractivity contribution >= 4 is 5.97 Å². The third kappa shape index (κ3) is 3.96. The lowest BCUT2D eigenvalue weighted by molar-refractivity contribution is -0.137. The molecule has 4 nitrogen and oxygen atoms in total. The molecule has 1 aliphatic carbocycles. The highest BCUT2D eigenvalue weighted by atomic mass is 16.4. The highest BCUT2D eigenvalue weighted by Gasteiger charge is 2.25. The number of carboxylic acid groups (broad SMARTS) is 1. The van der Waals surface area contributed by atoms with Crippen LogP contribution in [0.5, 0.6) is 0 Å². The molecule has 19 heavy (non-hydrogen) atoms. The summed E-state index contributed by atoms with van der Waals surface area (Å²) in [4.78, 5) is 10.7. The fourth-order valence-corrected chi connectivity index (χ4v) is 2.57. The van der Waals surface area contributed by atoms with E-state index < -0.39 is 5.97 Å². The average Bonchev–Trinajstić information content (AvgIpc) is 2.42. The molecular formula is C15H18N2O2. The highest BCUT2D eigenvalue weighted by Crippen LogP contribution is 2.38. The second-order valence-corrected chi connectivity index (χ2v) is 4.94. The maximum atomic E-state index is 10.7. The van der Waals surface area contributed by atoms with Gasteiger partial charge in [-0.15, -0.1) is 0 Å². The van der Waals surface area contributed by atoms with E-state index in [-0.39, 0.29) is 12.3 Å². The molecular weight excluding hydrogens is 240 g/mol. The van der Waals surface area contributed by atoms with Gasteiger partial charge >= 0.3 is 5.97 Å². The number of nitrogens with zero attached hydrogens (tertiary/aromatic N) is 2. The molecule has 0 radical (unpaired) electrons. The molecule has 1 unspecified atom stereocenters. The topological polar surface area (TPSA) is 84.9 Å². The summed E-state index contributed by atoms with van der Waals surface area (Å²) in [7, 11) is 0. The Bertz CT molecular complexity index is 515. The van der Waals surface area contributed by atoms with Gasteiger partial charge in [0.1, 0.15) is 0 Å². The smallest absolute Gasteiger partial charge is 0.303 e. The molecule has 0 aliphatic heterocycles. The fourth-order valence-electron chi connectivity index (χ4n) is 2.57. The van der Waals surface area contributed by atoms with Crippen LogP contribution in [0.2, 0.25) is 0 Å². The zero-order valence-corrected chi connectivity index (χ0v) is 11.4. The summed E-state index contributed by atoms with van der Waals surface area (Å²) in [6, 6.07) is 4.32. The molecule has 0 spiro atoms. The van der Waals surface area contributed by atoms with Crippen molar-refractivity contribution in [2.24, 2.45) is 5.92 Å². The predicted octanol–water partition coefficient (Wildman–Crippen LogP) is 3.33. The maximum absolute atomic E-state index is 10.7. The summed E-state index contributed by atoms with van der Waals surface area (Å²) in [5, 5.41) is 26.8. The zero-order valence-electron chi connectivity index (χ0n) is 11.4. The van der Waals surface area contributed by atoms with Crippen molar-refractivity contribution in [3.8, 4) is 12.1 Å². The SMILES string of the molecule is C/C(C#N)=C1\CC/C(=C(\C)C#N)C(CCC(=O)O)C1. The molecule has 0 aromatic rings. The first-order chi connectivity index (χ1) is 8.99. The first-order valence-electron chi connectivity index (χ1n) is 6.39. The Labute approximate surface area is 113 Å². The molecule has 0 amide bonds. The van der Waals surface area contributed by atoms with Crippen LogP contribution in [0.3, 0.4) is 0 Å². The second kappa shape index (κ2) is 6.75. The quantitative estimate of drug-likeness (QED) is 0.787. The van der Waals surface area contributed by atoms with Gasteiger partial charge in [-0.2, -0.15) is 10.5 Å². The summed E-state index contributed by atoms with van der Waals surface area (Å²) in [6.07, 6.45) is 2.91. The lowest BCUT2D eigenvalue weighted by Crippen LogP contribution is -2.16. The molecule has 1 fully saturated rings. The largest absolute Gasteiger partial charge is 0.481 e. The van der Waals surface area contributed by atoms with Crippen LogP contribution in [-0.2, 0) is 4.79 Å². The van der Waals surface area contributed by atoms with Crippen molar-refractivity contribution in [1.82, 2.24) is 0 Å². The van der Waals surface area contributed by atoms with Gasteiger partial charge in [0.2, 0.25) is 0 Å². The van der Waals surface area contributed by atoms with Crippen LogP contribution < -0.4 is 0 Å². The molecule has 0 heterocycles. The van der Waals surface area contributed by atoms with Gasteiger partial charge in [0, 0.05) is 17.6 Å². The van der Waals surface area contributed by atoms with E-state index in [4.69, 9.17) is 15.6 Å². The summed E-state index contributed by atoms with van der Waals surface area (Å²) in [5.41, 5.74) is 3.60. The highest BCUT2D eigenvalue weighted by molar-refractivity contribution is 5.66. The van der Waals surface area contributed by atoms with Crippen molar-refractivity contribution < 1.29 is 9.90 Å². The Morgan fingerprint density at radius 1 is 1.26 bits per heavy atom. The molecule has 0 bridgehead atoms. The van der Waals surface area contributed by atoms with Gasteiger partial charge in [-0.05, 0) is 45.4 Å². The van der Waals surface area contributed by atoms with E-state index in [1.807, 2.05) is 0 Å². The minimum absolute atomic E-state index is 0.0859. The first kappa shape index (κ1) is 15.0. The number of carbonyl (C=O) groups is 1. The number of hydrogen-bond acceptors (Lipinski definition) is 3. The van der Waals surface area contributed by atoms with Gasteiger partial charge in [-0.25, -0.2) is 0 Å². The van der Waals surface area contributed by atoms with Crippen molar-refractivity contribution in [1.29, 1.82) is 10.5 Å². The second-order valence-electron chi connectivity index (χ2n) is 4.94. The molecule has 100 valence electrons. The van der Waals surface area contributed by atoms with Gasteiger partial charge in [0.25, 0.3) is 0 Å². The minimum Gasteiger partial charge on any atom is -0.481 e. The number of rotatable bonds is 3. The van der Waals surface area contributed by atoms with Crippen molar-refractivity contribution in [2.75, 3.05) is 0 Å². The summed E-state index contributed by atoms with van der Waals surface area (Å²) in [5.74, 6) is -0.732. The van der Waals surface area contributed by atoms with Gasteiger partial charge in [0.05, 0.1) is 12.1 Å². The van der Waals surface area contributed by atoms with Gasteiger partial charge in [-0.3, -0.25) is 4.79 Å². The summed E-state index contributed by atoms with van der Waals surface area (Å²) >= 11 is 0. The van der Waals surface area contributed by atoms with Crippen molar-refractivity contribution in [3.63, 3.8) is 0 Å². The monoisotopic (exact) mass is 258 g/mol. The molecule has 1 atom stereocenters. The summed E-state index contributed by atoms with van der Waals surface area (Å²) in [6.45, 7) is 3.59. The molecule has 4 heteroatoms. The summed E-state index contributed by atoms with van der Waals surface area (Å²) < 4.78 is 0. The lowest BCUT2D eigenvalue weighted by Gasteiger charge is -2.28. The fraction of sp³-hybridized carbons (Fsp3) is 0.533. The third-order valence-electron chi connectivity index (χ3n) is 3.74. The predicted molar refractivity (Wildman–Crippen MR) is 70.8 cm³/mol. The Balaban J connectivity index is 2.97. The van der Waals surface area contributed by atoms with Gasteiger partial charge < -0.3 is 5.11 Å². The van der Waals surface area contributed by atoms with E-state index in [2.05, 4.69) is 12.1 Å². The van der Waals surface area contributed by atoms with Crippen LogP contribution in [0.15, 0.2) is 22.3 Å². The van der Waals surface area contributed by atoms with Gasteiger partial charge in [0.15, 0.2) is 0 Å². The van der Waals surface area contributed by atoms with E-state index in [9.17, 15) is 4.79 Å². The van der Waals surface area contributed by atoms with Crippen LogP contribution in [0.25, 0.3) is 0 Å². The molecule has 0 aromatic carbocycles. The molecule has 0 aromatic heterocycles. The van der Waals surface area contributed by atoms with E-state index in [0.717, 1.165) is 29.6 Å². The minimum atomic E-state index is -0.818. The number of aliphatic carboxylic acids is 1. The Morgan fingerprint density at radius 3 is 2.42 bits per heavy atom. The van der Waals surface area contributed by atoms with Crippen molar-refractivity contribution in [3.05, 3.63) is 22.3 Å². The van der Waals surface area contributed by atoms with E-state index >= 15 is 0 Å². The Hall–Kier alpha value is -2.07. The van der Waals surface area contributed by atoms with E-state index in [0.29, 0.717) is 18.4 Å². The molecule has 1 saturated carbocycles. The Morgan fingerprint density at radius 2 is 1.89 bits per heavy atom. The van der Waals surface area contributed by atoms with Crippen LogP contribution in [0.4, 0.5) is 0 Å². The van der Waals surface area contributed by atoms with Crippen molar-refractivity contribution in [2.45, 2.75) is 46.0 Å². The number of carboxylic acids is 1. The molecule has 1 aliphatic rings. The number of hydrogen-bond donors (Lipinski definition) is 1. The van der Waals surface area contributed by atoms with Gasteiger partial charge in [-0.1, -0.05) is 11.1 Å². The molecule has 1 N–H and O–H groups in total. The third-order valence-corrected chi connectivity index (χ3v) is 3.74. The Kier molecular flexibility index (Phi) is 5.33. The van der Waals surface area contributed by atoms with E-state index in [1.165, 1.54) is 0 Å². The average molecular weight is 258 g/mol. The van der Waals surface area contributed by atoms with Crippen LogP contribution >= 0.6 is 0 Å². The van der Waals surface area contributed by atoms with E-state index in [1.54, 1.807) is 13.8 Å². The number of nitriles is 2. The number of allylic oxidation sites excluding steroid dienone is 4. The van der Waals surface area contributed by atoms with Crippen LogP contribution in [0.1, 0.15) is 46.0 Å². The van der Waals surface area contributed by atoms with Crippen LogP contribution in [0, 0.1) is 28.6 Å². The first-order valence-corrected chi connectivity index (χ1v) is 6.39. The molecule has 0 saturated heterocycles. The molecule has 1 rings (SSSR count).